The number of carbonyl (C=O) groups excluding carboxylic acids is 1. The molecule has 3 aromatic heterocycles. The number of nitrogens with two attached hydrogens (primary N) is 1. The van der Waals surface area contributed by atoms with E-state index in [1.807, 2.05) is 35.8 Å². The lowest BCUT2D eigenvalue weighted by Gasteiger charge is -2.16. The van der Waals surface area contributed by atoms with E-state index in [1.54, 1.807) is 0 Å². The van der Waals surface area contributed by atoms with Crippen LogP contribution in [0.5, 0.6) is 11.5 Å². The van der Waals surface area contributed by atoms with E-state index >= 15 is 0 Å². The number of aromatic nitrogens is 4. The molecule has 1 amide bonds. The Balaban J connectivity index is 1.48. The summed E-state index contributed by atoms with van der Waals surface area (Å²) in [5.74, 6) is 2.63. The molecule has 0 saturated carbocycles. The van der Waals surface area contributed by atoms with Gasteiger partial charge in [-0.05, 0) is 51.5 Å². The molecule has 5 rings (SSSR count). The van der Waals surface area contributed by atoms with Crippen molar-refractivity contribution in [3.05, 3.63) is 36.4 Å². The van der Waals surface area contributed by atoms with Gasteiger partial charge in [0.25, 0.3) is 5.91 Å². The predicted octanol–water partition coefficient (Wildman–Crippen LogP) is 3.13. The van der Waals surface area contributed by atoms with Gasteiger partial charge in [-0.1, -0.05) is 11.8 Å². The SMILES string of the molecule is Cc1ccc(-c2cc3c(cc2Sc2nc4c(N)ncnc4n2CCCNC(=O)C(C)(C)O)OCO3)o1. The summed E-state index contributed by atoms with van der Waals surface area (Å²) >= 11 is 1.42. The third-order valence-electron chi connectivity index (χ3n) is 5.61. The third-order valence-corrected chi connectivity index (χ3v) is 6.66. The van der Waals surface area contributed by atoms with Gasteiger partial charge in [0.1, 0.15) is 23.4 Å². The van der Waals surface area contributed by atoms with Crippen LogP contribution in [0.4, 0.5) is 5.82 Å². The van der Waals surface area contributed by atoms with Gasteiger partial charge in [-0.3, -0.25) is 4.79 Å². The Morgan fingerprint density at radius 2 is 2.03 bits per heavy atom. The third kappa shape index (κ3) is 4.69. The second kappa shape index (κ2) is 9.36. The Hall–Kier alpha value is -3.77. The number of aliphatic hydroxyl groups is 1. The van der Waals surface area contributed by atoms with Gasteiger partial charge in [0, 0.05) is 23.5 Å². The highest BCUT2D eigenvalue weighted by Gasteiger charge is 2.24. The van der Waals surface area contributed by atoms with Gasteiger partial charge in [-0.2, -0.15) is 0 Å². The summed E-state index contributed by atoms with van der Waals surface area (Å²) in [6.07, 6.45) is 1.98. The molecule has 0 fully saturated rings. The molecule has 11 nitrogen and oxygen atoms in total. The Kier molecular flexibility index (Phi) is 6.22. The van der Waals surface area contributed by atoms with Crippen LogP contribution in [0, 0.1) is 6.92 Å². The highest BCUT2D eigenvalue weighted by Crippen LogP contribution is 2.45. The number of fused-ring (bicyclic) bond motifs is 2. The number of rotatable bonds is 8. The molecule has 188 valence electrons. The monoisotopic (exact) mass is 510 g/mol. The predicted molar refractivity (Wildman–Crippen MR) is 133 cm³/mol. The zero-order chi connectivity index (χ0) is 25.4. The fourth-order valence-electron chi connectivity index (χ4n) is 3.75. The summed E-state index contributed by atoms with van der Waals surface area (Å²) in [4.78, 5) is 26.1. The Bertz CT molecular complexity index is 1440. The van der Waals surface area contributed by atoms with Crippen LogP contribution in [-0.4, -0.2) is 49.5 Å². The van der Waals surface area contributed by atoms with Crippen molar-refractivity contribution in [1.82, 2.24) is 24.8 Å². The summed E-state index contributed by atoms with van der Waals surface area (Å²) in [6.45, 7) is 5.81. The molecule has 0 unspecified atom stereocenters. The standard InChI is InChI=1S/C24H26N6O5S/c1-13-5-6-15(35-13)14-9-16-17(34-12-33-16)10-18(14)36-23-29-19-20(25)27-11-28-21(19)30(23)8-4-7-26-22(31)24(2,3)32/h5-6,9-11,32H,4,7-8,12H2,1-3H3,(H,26,31)(H2,25,27,28). The van der Waals surface area contributed by atoms with Crippen molar-refractivity contribution in [1.29, 1.82) is 0 Å². The molecule has 0 atom stereocenters. The first-order valence-electron chi connectivity index (χ1n) is 11.4. The van der Waals surface area contributed by atoms with Gasteiger partial charge in [-0.15, -0.1) is 0 Å². The fraction of sp³-hybridized carbons (Fsp3) is 0.333. The first-order chi connectivity index (χ1) is 17.2. The second-order valence-electron chi connectivity index (χ2n) is 8.86. The lowest BCUT2D eigenvalue weighted by atomic mass is 10.1. The number of ether oxygens (including phenoxy) is 2. The van der Waals surface area contributed by atoms with Crippen LogP contribution in [0.3, 0.4) is 0 Å². The number of aryl methyl sites for hydroxylation is 2. The van der Waals surface area contributed by atoms with Crippen molar-refractivity contribution in [2.24, 2.45) is 0 Å². The van der Waals surface area contributed by atoms with E-state index in [0.717, 1.165) is 16.2 Å². The minimum absolute atomic E-state index is 0.154. The van der Waals surface area contributed by atoms with Crippen LogP contribution >= 0.6 is 11.8 Å². The summed E-state index contributed by atoms with van der Waals surface area (Å²) in [7, 11) is 0. The average molecular weight is 511 g/mol. The molecule has 1 aliphatic rings. The molecule has 1 aromatic carbocycles. The normalized spacial score (nSPS) is 12.9. The van der Waals surface area contributed by atoms with Crippen molar-refractivity contribution < 1.29 is 23.8 Å². The largest absolute Gasteiger partial charge is 0.461 e. The number of imidazole rings is 1. The molecule has 0 radical (unpaired) electrons. The maximum atomic E-state index is 12.0. The first kappa shape index (κ1) is 23.9. The van der Waals surface area contributed by atoms with Gasteiger partial charge in [0.2, 0.25) is 6.79 Å². The van der Waals surface area contributed by atoms with Crippen molar-refractivity contribution in [3.63, 3.8) is 0 Å². The summed E-state index contributed by atoms with van der Waals surface area (Å²) in [5.41, 5.74) is 6.59. The van der Waals surface area contributed by atoms with Gasteiger partial charge in [-0.25, -0.2) is 15.0 Å². The quantitative estimate of drug-likeness (QED) is 0.302. The van der Waals surface area contributed by atoms with Gasteiger partial charge in [0.05, 0.1) is 0 Å². The Morgan fingerprint density at radius 3 is 2.75 bits per heavy atom. The van der Waals surface area contributed by atoms with E-state index in [9.17, 15) is 9.90 Å². The van der Waals surface area contributed by atoms with E-state index in [0.29, 0.717) is 53.1 Å². The number of carbonyl (C=O) groups is 1. The van der Waals surface area contributed by atoms with Gasteiger partial charge in [0.15, 0.2) is 33.6 Å². The van der Waals surface area contributed by atoms with E-state index in [2.05, 4.69) is 15.3 Å². The molecule has 0 aliphatic carbocycles. The van der Waals surface area contributed by atoms with Crippen LogP contribution in [0.15, 0.2) is 45.1 Å². The van der Waals surface area contributed by atoms with Crippen LogP contribution in [-0.2, 0) is 11.3 Å². The van der Waals surface area contributed by atoms with Crippen molar-refractivity contribution in [3.8, 4) is 22.8 Å². The maximum Gasteiger partial charge on any atom is 0.251 e. The number of hydrogen-bond acceptors (Lipinski definition) is 10. The summed E-state index contributed by atoms with van der Waals surface area (Å²) in [5, 5.41) is 13.2. The molecule has 4 N–H and O–H groups in total. The lowest BCUT2D eigenvalue weighted by Crippen LogP contribution is -2.42. The molecule has 4 aromatic rings. The van der Waals surface area contributed by atoms with E-state index < -0.39 is 11.5 Å². The van der Waals surface area contributed by atoms with Crippen LogP contribution in [0.25, 0.3) is 22.5 Å². The van der Waals surface area contributed by atoms with E-state index in [1.165, 1.54) is 31.9 Å². The number of hydrogen-bond donors (Lipinski definition) is 3. The van der Waals surface area contributed by atoms with Crippen molar-refractivity contribution in [2.75, 3.05) is 19.1 Å². The zero-order valence-electron chi connectivity index (χ0n) is 20.1. The summed E-state index contributed by atoms with van der Waals surface area (Å²) in [6, 6.07) is 7.62. The number of nitrogens with one attached hydrogen (secondary N) is 1. The number of anilines is 1. The van der Waals surface area contributed by atoms with E-state index in [-0.39, 0.29) is 12.6 Å². The lowest BCUT2D eigenvalue weighted by molar-refractivity contribution is -0.136. The number of furan rings is 1. The molecule has 36 heavy (non-hydrogen) atoms. The molecular formula is C24H26N6O5S. The Morgan fingerprint density at radius 1 is 1.25 bits per heavy atom. The average Bonchev–Trinajstić information content (AvgIpc) is 3.54. The van der Waals surface area contributed by atoms with Crippen molar-refractivity contribution >= 4 is 34.7 Å². The fourth-order valence-corrected chi connectivity index (χ4v) is 4.80. The minimum Gasteiger partial charge on any atom is -0.461 e. The number of nitrogens with zero attached hydrogens (tertiary/aromatic N) is 4. The molecule has 12 heteroatoms. The zero-order valence-corrected chi connectivity index (χ0v) is 20.9. The van der Waals surface area contributed by atoms with Crippen LogP contribution in [0.1, 0.15) is 26.0 Å². The topological polar surface area (TPSA) is 151 Å². The first-order valence-corrected chi connectivity index (χ1v) is 12.2. The highest BCUT2D eigenvalue weighted by molar-refractivity contribution is 7.99. The second-order valence-corrected chi connectivity index (χ2v) is 9.87. The molecular weight excluding hydrogens is 484 g/mol. The molecule has 0 saturated heterocycles. The van der Waals surface area contributed by atoms with Crippen LogP contribution < -0.4 is 20.5 Å². The molecule has 0 spiro atoms. The van der Waals surface area contributed by atoms with E-state index in [4.69, 9.17) is 24.6 Å². The smallest absolute Gasteiger partial charge is 0.251 e. The number of benzene rings is 1. The number of nitrogen functional groups attached to an aromatic ring is 1. The number of amides is 1. The highest BCUT2D eigenvalue weighted by atomic mass is 32.2. The molecule has 0 bridgehead atoms. The summed E-state index contributed by atoms with van der Waals surface area (Å²) < 4.78 is 19.0. The van der Waals surface area contributed by atoms with Crippen molar-refractivity contribution in [2.45, 2.75) is 49.4 Å². The Labute approximate surface area is 211 Å². The molecule has 4 heterocycles. The van der Waals surface area contributed by atoms with Crippen LogP contribution in [0.2, 0.25) is 0 Å². The minimum atomic E-state index is -1.44. The van der Waals surface area contributed by atoms with Gasteiger partial charge < -0.3 is 34.6 Å². The van der Waals surface area contributed by atoms with Gasteiger partial charge >= 0.3 is 0 Å². The molecule has 1 aliphatic heterocycles. The maximum absolute atomic E-state index is 12.0.